The Labute approximate surface area is 210 Å². The zero-order valence-corrected chi connectivity index (χ0v) is 20.8. The van der Waals surface area contributed by atoms with E-state index >= 15 is 0 Å². The number of likely N-dealkylation sites (tertiary alicyclic amines) is 1. The zero-order valence-electron chi connectivity index (χ0n) is 20.0. The third-order valence-corrected chi connectivity index (χ3v) is 7.68. The fourth-order valence-corrected chi connectivity index (χ4v) is 5.59. The number of hydrogen-bond donors (Lipinski definition) is 2. The van der Waals surface area contributed by atoms with Crippen molar-refractivity contribution in [3.05, 3.63) is 58.4 Å². The lowest BCUT2D eigenvalue weighted by Crippen LogP contribution is -2.41. The molecule has 35 heavy (non-hydrogen) atoms. The maximum absolute atomic E-state index is 11.3. The maximum atomic E-state index is 11.3. The van der Waals surface area contributed by atoms with Gasteiger partial charge in [0.05, 0.1) is 30.2 Å². The molecule has 6 nitrogen and oxygen atoms in total. The van der Waals surface area contributed by atoms with Crippen LogP contribution in [0.25, 0.3) is 10.9 Å². The summed E-state index contributed by atoms with van der Waals surface area (Å²) in [6.07, 6.45) is 4.42. The van der Waals surface area contributed by atoms with E-state index in [1.165, 1.54) is 0 Å². The molecule has 2 N–H and O–H groups in total. The molecule has 1 saturated heterocycles. The highest BCUT2D eigenvalue weighted by molar-refractivity contribution is 7.10. The van der Waals surface area contributed by atoms with Crippen molar-refractivity contribution in [3.63, 3.8) is 0 Å². The van der Waals surface area contributed by atoms with Crippen molar-refractivity contribution in [1.29, 1.82) is 0 Å². The number of carboxylic acid groups (broad SMARTS) is 1. The second kappa shape index (κ2) is 12.2. The van der Waals surface area contributed by atoms with Gasteiger partial charge in [0.2, 0.25) is 0 Å². The number of benzene rings is 1. The molecule has 3 atom stereocenters. The minimum absolute atomic E-state index is 0.174. The lowest BCUT2D eigenvalue weighted by Gasteiger charge is -2.38. The molecular weight excluding hydrogens is 460 g/mol. The summed E-state index contributed by atoms with van der Waals surface area (Å²) >= 11 is 1.64. The van der Waals surface area contributed by atoms with Crippen LogP contribution in [0, 0.1) is 23.7 Å². The molecule has 0 amide bonds. The Morgan fingerprint density at radius 1 is 1.29 bits per heavy atom. The number of ether oxygens (including phenoxy) is 1. The second-order valence-corrected chi connectivity index (χ2v) is 10.1. The van der Waals surface area contributed by atoms with Gasteiger partial charge in [0.25, 0.3) is 0 Å². The van der Waals surface area contributed by atoms with E-state index in [2.05, 4.69) is 21.7 Å². The van der Waals surface area contributed by atoms with E-state index in [0.29, 0.717) is 25.3 Å². The molecule has 1 aliphatic rings. The number of hydrogen-bond acceptors (Lipinski definition) is 6. The van der Waals surface area contributed by atoms with Crippen LogP contribution in [-0.2, 0) is 4.79 Å². The summed E-state index contributed by atoms with van der Waals surface area (Å²) in [5, 5.41) is 23.3. The van der Waals surface area contributed by atoms with Crippen LogP contribution in [0.3, 0.4) is 0 Å². The highest BCUT2D eigenvalue weighted by atomic mass is 32.1. The van der Waals surface area contributed by atoms with Crippen molar-refractivity contribution in [2.75, 3.05) is 26.7 Å². The van der Waals surface area contributed by atoms with Gasteiger partial charge >= 0.3 is 5.97 Å². The number of carboxylic acids is 1. The van der Waals surface area contributed by atoms with Crippen LogP contribution in [-0.4, -0.2) is 52.8 Å². The summed E-state index contributed by atoms with van der Waals surface area (Å²) in [6, 6.07) is 11.6. The standard InChI is InChI=1S/C28H32N2O4S/c1-34-22-8-9-26-25(18-22)24(12-14-29-26)27(31)10-6-20-13-16-30(19-21(20)7-11-28(32)33)15-2-4-23-5-3-17-35-23/h3,5,8-9,12,14,17-18,20-21,27,31H,6-7,10-11,13,15-16,19H2,1H3,(H,32,33)/t20-,21+,27?/m1/s1. The number of carbonyl (C=O) groups is 1. The van der Waals surface area contributed by atoms with Gasteiger partial charge in [-0.05, 0) is 85.3 Å². The monoisotopic (exact) mass is 492 g/mol. The normalized spacial score (nSPS) is 19.1. The molecule has 0 saturated carbocycles. The van der Waals surface area contributed by atoms with Crippen LogP contribution < -0.4 is 4.74 Å². The number of aliphatic hydroxyl groups excluding tert-OH is 1. The summed E-state index contributed by atoms with van der Waals surface area (Å²) in [5.74, 6) is 7.13. The molecule has 0 bridgehead atoms. The largest absolute Gasteiger partial charge is 0.497 e. The van der Waals surface area contributed by atoms with Crippen LogP contribution in [0.2, 0.25) is 0 Å². The number of thiophene rings is 1. The van der Waals surface area contributed by atoms with Crippen molar-refractivity contribution >= 4 is 28.2 Å². The van der Waals surface area contributed by atoms with E-state index in [1.807, 2.05) is 41.8 Å². The number of aliphatic carboxylic acids is 1. The van der Waals surface area contributed by atoms with Crippen LogP contribution in [0.5, 0.6) is 5.75 Å². The number of methoxy groups -OCH3 is 1. The molecule has 1 aromatic carbocycles. The van der Waals surface area contributed by atoms with E-state index in [9.17, 15) is 15.0 Å². The van der Waals surface area contributed by atoms with Gasteiger partial charge in [-0.2, -0.15) is 0 Å². The van der Waals surface area contributed by atoms with Crippen molar-refractivity contribution in [3.8, 4) is 17.6 Å². The highest BCUT2D eigenvalue weighted by Gasteiger charge is 2.29. The third-order valence-electron chi connectivity index (χ3n) is 6.89. The Balaban J connectivity index is 1.39. The summed E-state index contributed by atoms with van der Waals surface area (Å²) in [7, 11) is 1.63. The third kappa shape index (κ3) is 6.82. The predicted molar refractivity (Wildman–Crippen MR) is 139 cm³/mol. The van der Waals surface area contributed by atoms with Gasteiger partial charge in [-0.25, -0.2) is 0 Å². The number of pyridine rings is 1. The Morgan fingerprint density at radius 2 is 2.17 bits per heavy atom. The minimum atomic E-state index is -0.754. The lowest BCUT2D eigenvalue weighted by molar-refractivity contribution is -0.137. The Hall–Kier alpha value is -2.92. The smallest absolute Gasteiger partial charge is 0.303 e. The van der Waals surface area contributed by atoms with Gasteiger partial charge in [0, 0.05) is 24.5 Å². The number of nitrogens with zero attached hydrogens (tertiary/aromatic N) is 2. The quantitative estimate of drug-likeness (QED) is 0.410. The van der Waals surface area contributed by atoms with Crippen LogP contribution >= 0.6 is 11.3 Å². The van der Waals surface area contributed by atoms with Crippen molar-refractivity contribution in [2.45, 2.75) is 38.2 Å². The maximum Gasteiger partial charge on any atom is 0.303 e. The number of fused-ring (bicyclic) bond motifs is 1. The molecule has 4 rings (SSSR count). The fourth-order valence-electron chi connectivity index (χ4n) is 5.00. The van der Waals surface area contributed by atoms with Crippen LogP contribution in [0.1, 0.15) is 48.6 Å². The molecule has 1 aliphatic heterocycles. The summed E-state index contributed by atoms with van der Waals surface area (Å²) in [5.41, 5.74) is 1.69. The number of aliphatic hydroxyl groups is 1. The molecule has 0 spiro atoms. The van der Waals surface area contributed by atoms with Gasteiger partial charge < -0.3 is 14.9 Å². The Kier molecular flexibility index (Phi) is 8.75. The van der Waals surface area contributed by atoms with Gasteiger partial charge in [-0.15, -0.1) is 11.3 Å². The molecule has 2 aromatic heterocycles. The fraction of sp³-hybridized carbons (Fsp3) is 0.429. The van der Waals surface area contributed by atoms with E-state index in [1.54, 1.807) is 24.6 Å². The Bertz CT molecular complexity index is 1180. The zero-order chi connectivity index (χ0) is 24.6. The van der Waals surface area contributed by atoms with E-state index in [4.69, 9.17) is 4.74 Å². The van der Waals surface area contributed by atoms with Crippen molar-refractivity contribution in [2.24, 2.45) is 11.8 Å². The van der Waals surface area contributed by atoms with E-state index in [-0.39, 0.29) is 12.3 Å². The van der Waals surface area contributed by atoms with Crippen LogP contribution in [0.15, 0.2) is 48.0 Å². The molecule has 3 aromatic rings. The topological polar surface area (TPSA) is 82.9 Å². The average Bonchev–Trinajstić information content (AvgIpc) is 3.39. The lowest BCUT2D eigenvalue weighted by atomic mass is 9.79. The van der Waals surface area contributed by atoms with E-state index < -0.39 is 12.1 Å². The molecule has 0 radical (unpaired) electrons. The van der Waals surface area contributed by atoms with Crippen molar-refractivity contribution < 1.29 is 19.7 Å². The van der Waals surface area contributed by atoms with Gasteiger partial charge in [0.15, 0.2) is 0 Å². The van der Waals surface area contributed by atoms with Crippen molar-refractivity contribution in [1.82, 2.24) is 9.88 Å². The molecule has 7 heteroatoms. The average molecular weight is 493 g/mol. The minimum Gasteiger partial charge on any atom is -0.497 e. The second-order valence-electron chi connectivity index (χ2n) is 9.13. The molecule has 1 unspecified atom stereocenters. The molecule has 3 heterocycles. The first-order valence-corrected chi connectivity index (χ1v) is 13.0. The van der Waals surface area contributed by atoms with Gasteiger partial charge in [-0.3, -0.25) is 14.7 Å². The number of piperidine rings is 1. The summed E-state index contributed by atoms with van der Waals surface area (Å²) in [6.45, 7) is 2.49. The molecule has 184 valence electrons. The molecule has 0 aliphatic carbocycles. The number of rotatable bonds is 9. The number of aromatic nitrogens is 1. The first-order valence-electron chi connectivity index (χ1n) is 12.1. The van der Waals surface area contributed by atoms with Crippen LogP contribution in [0.4, 0.5) is 0 Å². The van der Waals surface area contributed by atoms with Gasteiger partial charge in [-0.1, -0.05) is 17.9 Å². The summed E-state index contributed by atoms with van der Waals surface area (Å²) in [4.78, 5) is 19.1. The highest BCUT2D eigenvalue weighted by Crippen LogP contribution is 2.35. The first-order chi connectivity index (χ1) is 17.0. The Morgan fingerprint density at radius 3 is 2.94 bits per heavy atom. The van der Waals surface area contributed by atoms with E-state index in [0.717, 1.165) is 53.0 Å². The SMILES string of the molecule is COc1ccc2nccc(C(O)CC[C@@H]3CCN(CC#Cc4cccs4)C[C@@H]3CCC(=O)O)c2c1. The predicted octanol–water partition coefficient (Wildman–Crippen LogP) is 4.97. The first kappa shape index (κ1) is 25.2. The summed E-state index contributed by atoms with van der Waals surface area (Å²) < 4.78 is 5.36. The molecular formula is C28H32N2O4S. The molecule has 1 fully saturated rings. The van der Waals surface area contributed by atoms with Gasteiger partial charge in [0.1, 0.15) is 5.75 Å².